The molecule has 0 bridgehead atoms. The van der Waals surface area contributed by atoms with Gasteiger partial charge in [-0.15, -0.1) is 0 Å². The van der Waals surface area contributed by atoms with Gasteiger partial charge in [-0.2, -0.15) is 0 Å². The maximum atomic E-state index is 11.8. The van der Waals surface area contributed by atoms with Gasteiger partial charge in [0, 0.05) is 24.9 Å². The predicted octanol–water partition coefficient (Wildman–Crippen LogP) is 1.78. The summed E-state index contributed by atoms with van der Waals surface area (Å²) in [6.45, 7) is 5.30. The molecule has 1 aromatic heterocycles. The molecule has 1 heterocycles. The Bertz CT molecular complexity index is 471. The van der Waals surface area contributed by atoms with Gasteiger partial charge in [-0.1, -0.05) is 0 Å². The van der Waals surface area contributed by atoms with Gasteiger partial charge in [0.05, 0.1) is 0 Å². The Morgan fingerprint density at radius 1 is 1.33 bits per heavy atom. The second kappa shape index (κ2) is 7.56. The number of carboxylic acids is 1. The molecule has 0 saturated heterocycles. The molecule has 7 heteroatoms. The Balaban J connectivity index is 2.63. The van der Waals surface area contributed by atoms with Crippen LogP contribution in [0.3, 0.4) is 0 Å². The average Bonchev–Trinajstić information content (AvgIpc) is 2.34. The summed E-state index contributed by atoms with van der Waals surface area (Å²) < 4.78 is 5.18. The van der Waals surface area contributed by atoms with E-state index < -0.39 is 17.7 Å². The molecule has 0 aliphatic heterocycles. The lowest BCUT2D eigenvalue weighted by atomic mass is 10.0. The molecule has 2 N–H and O–H groups in total. The van der Waals surface area contributed by atoms with Gasteiger partial charge in [-0.05, 0) is 39.2 Å². The van der Waals surface area contributed by atoms with Crippen LogP contribution >= 0.6 is 0 Å². The topological polar surface area (TPSA) is 101 Å². The third kappa shape index (κ3) is 7.86. The smallest absolute Gasteiger partial charge is 0.407 e. The van der Waals surface area contributed by atoms with E-state index in [0.717, 1.165) is 5.56 Å². The van der Waals surface area contributed by atoms with Crippen LogP contribution in [0.1, 0.15) is 39.2 Å². The fraction of sp³-hybridized carbons (Fsp3) is 0.571. The number of hydrogen-bond donors (Lipinski definition) is 2. The molecule has 0 aromatic carbocycles. The second-order valence-corrected chi connectivity index (χ2v) is 5.73. The Hall–Kier alpha value is -2.18. The van der Waals surface area contributed by atoms with E-state index in [1.165, 1.54) is 6.33 Å². The van der Waals surface area contributed by atoms with Crippen molar-refractivity contribution >= 4 is 12.1 Å². The van der Waals surface area contributed by atoms with Gasteiger partial charge in [-0.3, -0.25) is 4.79 Å². The molecule has 0 fully saturated rings. The number of alkyl carbamates (subject to hydrolysis) is 1. The van der Waals surface area contributed by atoms with Crippen molar-refractivity contribution in [1.29, 1.82) is 0 Å². The van der Waals surface area contributed by atoms with Crippen LogP contribution in [0.2, 0.25) is 0 Å². The first-order valence-electron chi connectivity index (χ1n) is 6.71. The Morgan fingerprint density at radius 2 is 1.95 bits per heavy atom. The van der Waals surface area contributed by atoms with Crippen molar-refractivity contribution in [3.63, 3.8) is 0 Å². The van der Waals surface area contributed by atoms with Gasteiger partial charge in [0.25, 0.3) is 0 Å². The third-order valence-corrected chi connectivity index (χ3v) is 2.52. The van der Waals surface area contributed by atoms with Gasteiger partial charge >= 0.3 is 12.1 Å². The van der Waals surface area contributed by atoms with E-state index in [9.17, 15) is 9.59 Å². The summed E-state index contributed by atoms with van der Waals surface area (Å²) in [6, 6.07) is -0.345. The zero-order valence-corrected chi connectivity index (χ0v) is 12.5. The van der Waals surface area contributed by atoms with Crippen molar-refractivity contribution in [2.45, 2.75) is 51.7 Å². The molecule has 21 heavy (non-hydrogen) atoms. The Morgan fingerprint density at radius 3 is 2.48 bits per heavy atom. The first-order valence-corrected chi connectivity index (χ1v) is 6.71. The Labute approximate surface area is 123 Å². The maximum absolute atomic E-state index is 11.8. The van der Waals surface area contributed by atoms with Crippen molar-refractivity contribution in [1.82, 2.24) is 15.3 Å². The zero-order chi connectivity index (χ0) is 15.9. The van der Waals surface area contributed by atoms with Crippen molar-refractivity contribution < 1.29 is 19.4 Å². The lowest BCUT2D eigenvalue weighted by Crippen LogP contribution is -2.40. The first-order chi connectivity index (χ1) is 9.76. The van der Waals surface area contributed by atoms with E-state index in [4.69, 9.17) is 9.84 Å². The normalized spacial score (nSPS) is 12.5. The lowest BCUT2D eigenvalue weighted by molar-refractivity contribution is -0.137. The highest BCUT2D eigenvalue weighted by atomic mass is 16.6. The number of carbonyl (C=O) groups is 2. The molecular weight excluding hydrogens is 274 g/mol. The van der Waals surface area contributed by atoms with E-state index in [2.05, 4.69) is 15.3 Å². The molecule has 0 saturated carbocycles. The van der Waals surface area contributed by atoms with E-state index in [1.54, 1.807) is 33.2 Å². The monoisotopic (exact) mass is 295 g/mol. The number of hydrogen-bond acceptors (Lipinski definition) is 5. The number of aromatic nitrogens is 2. The molecule has 0 aliphatic rings. The number of amides is 1. The van der Waals surface area contributed by atoms with Crippen LogP contribution < -0.4 is 5.32 Å². The zero-order valence-electron chi connectivity index (χ0n) is 12.5. The highest BCUT2D eigenvalue weighted by molar-refractivity contribution is 5.69. The fourth-order valence-electron chi connectivity index (χ4n) is 1.72. The van der Waals surface area contributed by atoms with Crippen LogP contribution in [0.4, 0.5) is 4.79 Å². The third-order valence-electron chi connectivity index (χ3n) is 2.52. The summed E-state index contributed by atoms with van der Waals surface area (Å²) in [4.78, 5) is 30.3. The van der Waals surface area contributed by atoms with Gasteiger partial charge in [0.2, 0.25) is 0 Å². The van der Waals surface area contributed by atoms with Crippen LogP contribution in [0, 0.1) is 0 Å². The van der Waals surface area contributed by atoms with Gasteiger partial charge < -0.3 is 15.2 Å². The maximum Gasteiger partial charge on any atom is 0.407 e. The average molecular weight is 295 g/mol. The lowest BCUT2D eigenvalue weighted by Gasteiger charge is -2.23. The van der Waals surface area contributed by atoms with Crippen molar-refractivity contribution in [2.24, 2.45) is 0 Å². The van der Waals surface area contributed by atoms with E-state index in [1.807, 2.05) is 0 Å². The van der Waals surface area contributed by atoms with E-state index in [-0.39, 0.29) is 12.5 Å². The largest absolute Gasteiger partial charge is 0.481 e. The van der Waals surface area contributed by atoms with Crippen molar-refractivity contribution in [3.8, 4) is 0 Å². The molecule has 1 atom stereocenters. The Kier molecular flexibility index (Phi) is 6.08. The molecular formula is C14H21N3O4. The standard InChI is InChI=1S/C14H21N3O4/c1-14(2,3)21-13(20)17-11(4-5-12(18)19)6-10-7-15-9-16-8-10/h7-9,11H,4-6H2,1-3H3,(H,17,20)(H,18,19). The molecule has 0 aliphatic carbocycles. The van der Waals surface area contributed by atoms with Gasteiger partial charge in [0.15, 0.2) is 0 Å². The van der Waals surface area contributed by atoms with Crippen molar-refractivity contribution in [2.75, 3.05) is 0 Å². The summed E-state index contributed by atoms with van der Waals surface area (Å²) in [5.41, 5.74) is 0.223. The van der Waals surface area contributed by atoms with E-state index in [0.29, 0.717) is 12.8 Å². The minimum absolute atomic E-state index is 0.0336. The fourth-order valence-corrected chi connectivity index (χ4v) is 1.72. The molecule has 0 radical (unpaired) electrons. The molecule has 7 nitrogen and oxygen atoms in total. The van der Waals surface area contributed by atoms with Crippen LogP contribution in [-0.2, 0) is 16.0 Å². The van der Waals surface area contributed by atoms with E-state index >= 15 is 0 Å². The summed E-state index contributed by atoms with van der Waals surface area (Å²) in [5, 5.41) is 11.5. The highest BCUT2D eigenvalue weighted by Gasteiger charge is 2.20. The number of aliphatic carboxylic acids is 1. The van der Waals surface area contributed by atoms with Gasteiger partial charge in [0.1, 0.15) is 11.9 Å². The number of ether oxygens (including phenoxy) is 1. The number of nitrogens with one attached hydrogen (secondary N) is 1. The molecule has 116 valence electrons. The summed E-state index contributed by atoms with van der Waals surface area (Å²) >= 11 is 0. The predicted molar refractivity (Wildman–Crippen MR) is 75.8 cm³/mol. The second-order valence-electron chi connectivity index (χ2n) is 5.73. The van der Waals surface area contributed by atoms with Crippen LogP contribution in [-0.4, -0.2) is 38.8 Å². The number of nitrogens with zero attached hydrogens (tertiary/aromatic N) is 2. The van der Waals surface area contributed by atoms with Crippen LogP contribution in [0.15, 0.2) is 18.7 Å². The molecule has 1 rings (SSSR count). The first kappa shape index (κ1) is 16.9. The number of carboxylic acid groups (broad SMARTS) is 1. The number of carbonyl (C=O) groups excluding carboxylic acids is 1. The van der Waals surface area contributed by atoms with Crippen LogP contribution in [0.25, 0.3) is 0 Å². The molecule has 0 spiro atoms. The van der Waals surface area contributed by atoms with Crippen molar-refractivity contribution in [3.05, 3.63) is 24.3 Å². The quantitative estimate of drug-likeness (QED) is 0.829. The summed E-state index contributed by atoms with van der Waals surface area (Å²) in [7, 11) is 0. The number of rotatable bonds is 6. The summed E-state index contributed by atoms with van der Waals surface area (Å²) in [5.74, 6) is -0.907. The van der Waals surface area contributed by atoms with Crippen LogP contribution in [0.5, 0.6) is 0 Å². The minimum Gasteiger partial charge on any atom is -0.481 e. The highest BCUT2D eigenvalue weighted by Crippen LogP contribution is 2.10. The minimum atomic E-state index is -0.907. The van der Waals surface area contributed by atoms with Gasteiger partial charge in [-0.25, -0.2) is 14.8 Å². The molecule has 1 unspecified atom stereocenters. The summed E-state index contributed by atoms with van der Waals surface area (Å²) in [6.07, 6.45) is 4.85. The molecule has 1 amide bonds. The SMILES string of the molecule is CC(C)(C)OC(=O)NC(CCC(=O)O)Cc1cncnc1. The molecule has 1 aromatic rings.